The van der Waals surface area contributed by atoms with Crippen LogP contribution in [0.5, 0.6) is 0 Å². The number of aromatic nitrogens is 3. The van der Waals surface area contributed by atoms with Gasteiger partial charge in [0.2, 0.25) is 10.0 Å². The standard InChI is InChI=1S/C21H20N4O4S/c1-23-11-15(10-22-23)18-13-25(12-14-5-3-4-6-17(14)18)30(27,28)16-7-8-20-19(9-16)24(2)21(26)29-20/h3-11,18H,12-13H2,1-2H3. The van der Waals surface area contributed by atoms with Crippen LogP contribution in [-0.2, 0) is 30.7 Å². The van der Waals surface area contributed by atoms with Gasteiger partial charge in [-0.25, -0.2) is 13.2 Å². The fraction of sp³-hybridized carbons (Fsp3) is 0.238. The highest BCUT2D eigenvalue weighted by Crippen LogP contribution is 2.36. The van der Waals surface area contributed by atoms with Gasteiger partial charge in [-0.05, 0) is 34.9 Å². The quantitative estimate of drug-likeness (QED) is 0.503. The molecule has 0 amide bonds. The number of aryl methyl sites for hydroxylation is 2. The Labute approximate surface area is 173 Å². The maximum atomic E-state index is 13.5. The van der Waals surface area contributed by atoms with E-state index in [9.17, 15) is 13.2 Å². The van der Waals surface area contributed by atoms with Gasteiger partial charge < -0.3 is 4.42 Å². The number of hydrogen-bond acceptors (Lipinski definition) is 5. The molecule has 4 aromatic rings. The molecule has 1 aliphatic rings. The van der Waals surface area contributed by atoms with E-state index in [2.05, 4.69) is 5.10 Å². The molecule has 0 aliphatic carbocycles. The zero-order valence-corrected chi connectivity index (χ0v) is 17.3. The minimum Gasteiger partial charge on any atom is -0.408 e. The van der Waals surface area contributed by atoms with Crippen LogP contribution in [0.3, 0.4) is 0 Å². The highest BCUT2D eigenvalue weighted by molar-refractivity contribution is 7.89. The zero-order valence-electron chi connectivity index (χ0n) is 16.5. The number of rotatable bonds is 3. The predicted octanol–water partition coefficient (Wildman–Crippen LogP) is 2.20. The van der Waals surface area contributed by atoms with Crippen LogP contribution in [0, 0.1) is 0 Å². The molecule has 0 fully saturated rings. The van der Waals surface area contributed by atoms with Gasteiger partial charge >= 0.3 is 5.76 Å². The number of nitrogens with zero attached hydrogens (tertiary/aromatic N) is 4. The van der Waals surface area contributed by atoms with Crippen molar-refractivity contribution >= 4 is 21.1 Å². The van der Waals surface area contributed by atoms with Gasteiger partial charge in [-0.1, -0.05) is 24.3 Å². The van der Waals surface area contributed by atoms with E-state index in [0.29, 0.717) is 17.6 Å². The van der Waals surface area contributed by atoms with Gasteiger partial charge in [0.05, 0.1) is 16.6 Å². The van der Waals surface area contributed by atoms with E-state index in [0.717, 1.165) is 16.7 Å². The summed E-state index contributed by atoms with van der Waals surface area (Å²) >= 11 is 0. The van der Waals surface area contributed by atoms with Crippen LogP contribution >= 0.6 is 0 Å². The summed E-state index contributed by atoms with van der Waals surface area (Å²) < 4.78 is 36.7. The third-order valence-corrected chi connectivity index (χ3v) is 7.50. The molecule has 2 aromatic carbocycles. The SMILES string of the molecule is Cn1cc(C2CN(S(=O)(=O)c3ccc4oc(=O)n(C)c4c3)Cc3ccccc32)cn1. The van der Waals surface area contributed by atoms with Gasteiger partial charge in [0.1, 0.15) is 0 Å². The van der Waals surface area contributed by atoms with Gasteiger partial charge in [-0.15, -0.1) is 0 Å². The lowest BCUT2D eigenvalue weighted by molar-refractivity contribution is 0.371. The second-order valence-corrected chi connectivity index (χ2v) is 9.49. The Morgan fingerprint density at radius 1 is 1.13 bits per heavy atom. The molecule has 0 spiro atoms. The highest BCUT2D eigenvalue weighted by Gasteiger charge is 2.34. The summed E-state index contributed by atoms with van der Waals surface area (Å²) in [5.74, 6) is -0.636. The van der Waals surface area contributed by atoms with E-state index >= 15 is 0 Å². The second kappa shape index (κ2) is 6.68. The summed E-state index contributed by atoms with van der Waals surface area (Å²) in [6, 6.07) is 12.4. The van der Waals surface area contributed by atoms with Gasteiger partial charge in [-0.3, -0.25) is 9.25 Å². The van der Waals surface area contributed by atoms with Crippen molar-refractivity contribution in [3.05, 3.63) is 82.1 Å². The van der Waals surface area contributed by atoms with Crippen LogP contribution in [0.4, 0.5) is 0 Å². The molecule has 1 aliphatic heterocycles. The van der Waals surface area contributed by atoms with Crippen LogP contribution in [-0.4, -0.2) is 33.6 Å². The van der Waals surface area contributed by atoms with E-state index in [-0.39, 0.29) is 17.4 Å². The lowest BCUT2D eigenvalue weighted by Gasteiger charge is -2.33. The topological polar surface area (TPSA) is 90.3 Å². The highest BCUT2D eigenvalue weighted by atomic mass is 32.2. The zero-order chi connectivity index (χ0) is 21.0. The van der Waals surface area contributed by atoms with Crippen LogP contribution < -0.4 is 5.76 Å². The van der Waals surface area contributed by atoms with Crippen molar-refractivity contribution < 1.29 is 12.8 Å². The smallest absolute Gasteiger partial charge is 0.408 e. The van der Waals surface area contributed by atoms with E-state index in [1.54, 1.807) is 17.9 Å². The molecule has 154 valence electrons. The number of oxazole rings is 1. The minimum atomic E-state index is -3.79. The van der Waals surface area contributed by atoms with Gasteiger partial charge in [0.15, 0.2) is 5.58 Å². The van der Waals surface area contributed by atoms with E-state index in [1.807, 2.05) is 37.5 Å². The summed E-state index contributed by atoms with van der Waals surface area (Å²) in [7, 11) is -0.389. The first-order valence-corrected chi connectivity index (χ1v) is 10.9. The van der Waals surface area contributed by atoms with Crippen molar-refractivity contribution in [1.82, 2.24) is 18.7 Å². The summed E-state index contributed by atoms with van der Waals surface area (Å²) in [5, 5.41) is 4.26. The first-order valence-electron chi connectivity index (χ1n) is 9.50. The Hall–Kier alpha value is -3.17. The van der Waals surface area contributed by atoms with Gasteiger partial charge in [-0.2, -0.15) is 9.40 Å². The Morgan fingerprint density at radius 2 is 1.93 bits per heavy atom. The van der Waals surface area contributed by atoms with E-state index in [4.69, 9.17) is 4.42 Å². The number of benzene rings is 2. The summed E-state index contributed by atoms with van der Waals surface area (Å²) in [6.07, 6.45) is 3.70. The summed E-state index contributed by atoms with van der Waals surface area (Å²) in [4.78, 5) is 11.9. The molecule has 8 nitrogen and oxygen atoms in total. The minimum absolute atomic E-state index is 0.111. The fourth-order valence-corrected chi connectivity index (χ4v) is 5.53. The van der Waals surface area contributed by atoms with Crippen molar-refractivity contribution in [1.29, 1.82) is 0 Å². The Bertz CT molecular complexity index is 1430. The van der Waals surface area contributed by atoms with Crippen molar-refractivity contribution in [2.24, 2.45) is 14.1 Å². The summed E-state index contributed by atoms with van der Waals surface area (Å²) in [6.45, 7) is 0.602. The second-order valence-electron chi connectivity index (χ2n) is 7.55. The molecule has 9 heteroatoms. The maximum absolute atomic E-state index is 13.5. The lowest BCUT2D eigenvalue weighted by Crippen LogP contribution is -2.38. The van der Waals surface area contributed by atoms with E-state index < -0.39 is 15.8 Å². The van der Waals surface area contributed by atoms with Crippen LogP contribution in [0.15, 0.2) is 69.0 Å². The van der Waals surface area contributed by atoms with Crippen LogP contribution in [0.1, 0.15) is 22.6 Å². The molecule has 0 saturated heterocycles. The van der Waals surface area contributed by atoms with Crippen LogP contribution in [0.25, 0.3) is 11.1 Å². The van der Waals surface area contributed by atoms with Crippen molar-refractivity contribution in [2.75, 3.05) is 6.54 Å². The molecule has 3 heterocycles. The van der Waals surface area contributed by atoms with Gasteiger partial charge in [0, 0.05) is 39.3 Å². The average molecular weight is 424 g/mol. The first kappa shape index (κ1) is 18.8. The largest absolute Gasteiger partial charge is 0.419 e. The third-order valence-electron chi connectivity index (χ3n) is 5.69. The van der Waals surface area contributed by atoms with E-state index in [1.165, 1.54) is 27.1 Å². The average Bonchev–Trinajstić information content (AvgIpc) is 3.30. The Morgan fingerprint density at radius 3 is 2.70 bits per heavy atom. The molecular weight excluding hydrogens is 404 g/mol. The Kier molecular flexibility index (Phi) is 4.19. The molecule has 0 N–H and O–H groups in total. The van der Waals surface area contributed by atoms with Crippen molar-refractivity contribution in [3.8, 4) is 0 Å². The maximum Gasteiger partial charge on any atom is 0.419 e. The normalized spacial score (nSPS) is 17.3. The molecule has 0 saturated carbocycles. The first-order chi connectivity index (χ1) is 14.3. The Balaban J connectivity index is 1.59. The van der Waals surface area contributed by atoms with Gasteiger partial charge in [0.25, 0.3) is 0 Å². The van der Waals surface area contributed by atoms with Crippen molar-refractivity contribution in [2.45, 2.75) is 17.4 Å². The molecule has 0 bridgehead atoms. The molecule has 1 unspecified atom stereocenters. The molecule has 2 aromatic heterocycles. The lowest BCUT2D eigenvalue weighted by atomic mass is 9.87. The molecule has 30 heavy (non-hydrogen) atoms. The van der Waals surface area contributed by atoms with Crippen molar-refractivity contribution in [3.63, 3.8) is 0 Å². The van der Waals surface area contributed by atoms with Crippen LogP contribution in [0.2, 0.25) is 0 Å². The monoisotopic (exact) mass is 424 g/mol. The number of sulfonamides is 1. The molecular formula is C21H20N4O4S. The third kappa shape index (κ3) is 2.89. The molecule has 1 atom stereocenters. The fourth-order valence-electron chi connectivity index (χ4n) is 4.08. The summed E-state index contributed by atoms with van der Waals surface area (Å²) in [5.41, 5.74) is 3.86. The predicted molar refractivity (Wildman–Crippen MR) is 111 cm³/mol. The molecule has 0 radical (unpaired) electrons. The molecule has 5 rings (SSSR count). The number of fused-ring (bicyclic) bond motifs is 2. The number of hydrogen-bond donors (Lipinski definition) is 0.